The summed E-state index contributed by atoms with van der Waals surface area (Å²) in [6, 6.07) is 5.83. The Hall–Kier alpha value is -1.51. The maximum Gasteiger partial charge on any atom is 0.243 e. The third-order valence-electron chi connectivity index (χ3n) is 5.91. The molecule has 0 aromatic heterocycles. The summed E-state index contributed by atoms with van der Waals surface area (Å²) < 4.78 is 39.8. The molecule has 1 aromatic rings. The van der Waals surface area contributed by atoms with Crippen molar-refractivity contribution in [3.8, 4) is 0 Å². The lowest BCUT2D eigenvalue weighted by Gasteiger charge is -2.31. The van der Waals surface area contributed by atoms with Crippen molar-refractivity contribution < 1.29 is 17.6 Å². The minimum atomic E-state index is -3.63. The first kappa shape index (κ1) is 18.8. The lowest BCUT2D eigenvalue weighted by atomic mass is 9.97. The quantitative estimate of drug-likeness (QED) is 0.822. The molecule has 148 valence electrons. The third-order valence-corrected chi connectivity index (χ3v) is 7.82. The molecule has 3 fully saturated rings. The maximum absolute atomic E-state index is 13.0. The molecule has 1 unspecified atom stereocenters. The van der Waals surface area contributed by atoms with Gasteiger partial charge in [-0.1, -0.05) is 0 Å². The van der Waals surface area contributed by atoms with Gasteiger partial charge in [-0.15, -0.1) is 0 Å². The largest absolute Gasteiger partial charge is 0.352 e. The van der Waals surface area contributed by atoms with Crippen molar-refractivity contribution >= 4 is 15.9 Å². The summed E-state index contributed by atoms with van der Waals surface area (Å²) in [6.45, 7) is 2.63. The number of hydrogen-bond donors (Lipinski definition) is 1. The molecule has 1 saturated carbocycles. The Balaban J connectivity index is 1.29. The van der Waals surface area contributed by atoms with Crippen molar-refractivity contribution in [2.24, 2.45) is 5.92 Å². The molecule has 1 aliphatic carbocycles. The highest BCUT2D eigenvalue weighted by Crippen LogP contribution is 2.30. The number of carbonyl (C=O) groups excluding carboxylic acids is 1. The molecule has 1 amide bonds. The number of nitrogens with one attached hydrogen (secondary N) is 1. The highest BCUT2D eigenvalue weighted by Gasteiger charge is 2.36. The fourth-order valence-corrected chi connectivity index (χ4v) is 5.58. The molecule has 2 saturated heterocycles. The van der Waals surface area contributed by atoms with Gasteiger partial charge in [0.05, 0.1) is 4.90 Å². The second-order valence-corrected chi connectivity index (χ2v) is 9.79. The summed E-state index contributed by atoms with van der Waals surface area (Å²) in [4.78, 5) is 15.1. The van der Waals surface area contributed by atoms with E-state index in [4.69, 9.17) is 0 Å². The van der Waals surface area contributed by atoms with Gasteiger partial charge >= 0.3 is 0 Å². The molecular weight excluding hydrogens is 369 g/mol. The van der Waals surface area contributed by atoms with Crippen molar-refractivity contribution in [3.05, 3.63) is 30.1 Å². The molecule has 1 aromatic carbocycles. The number of likely N-dealkylation sites (tertiary alicyclic amines) is 1. The van der Waals surface area contributed by atoms with Crippen LogP contribution in [0.5, 0.6) is 0 Å². The summed E-state index contributed by atoms with van der Waals surface area (Å²) in [5.41, 5.74) is 0. The van der Waals surface area contributed by atoms with Gasteiger partial charge in [0.1, 0.15) is 5.82 Å². The van der Waals surface area contributed by atoms with Gasteiger partial charge < -0.3 is 5.32 Å². The van der Waals surface area contributed by atoms with Gasteiger partial charge in [0.15, 0.2) is 0 Å². The van der Waals surface area contributed by atoms with Crippen LogP contribution >= 0.6 is 0 Å². The summed E-state index contributed by atoms with van der Waals surface area (Å²) in [6.07, 6.45) is 4.60. The van der Waals surface area contributed by atoms with E-state index in [1.54, 1.807) is 0 Å². The van der Waals surface area contributed by atoms with Crippen LogP contribution in [0, 0.1) is 11.7 Å². The zero-order valence-corrected chi connectivity index (χ0v) is 16.1. The van der Waals surface area contributed by atoms with Gasteiger partial charge in [0.2, 0.25) is 15.9 Å². The molecule has 0 bridgehead atoms. The highest BCUT2D eigenvalue weighted by molar-refractivity contribution is 7.89. The number of carbonyl (C=O) groups is 1. The van der Waals surface area contributed by atoms with E-state index in [1.807, 2.05) is 0 Å². The zero-order chi connectivity index (χ0) is 19.0. The number of rotatable bonds is 5. The SMILES string of the molecule is O=C(NC1CCN(C2CC2)C1)C1CCN(S(=O)(=O)c2ccc(F)cc2)CC1. The first-order chi connectivity index (χ1) is 12.9. The molecule has 4 rings (SSSR count). The lowest BCUT2D eigenvalue weighted by Crippen LogP contribution is -2.46. The smallest absolute Gasteiger partial charge is 0.243 e. The van der Waals surface area contributed by atoms with Crippen LogP contribution in [0.3, 0.4) is 0 Å². The number of nitrogens with zero attached hydrogens (tertiary/aromatic N) is 2. The maximum atomic E-state index is 13.0. The molecule has 0 radical (unpaired) electrons. The molecule has 3 aliphatic rings. The van der Waals surface area contributed by atoms with Gasteiger partial charge in [-0.05, 0) is 56.4 Å². The second kappa shape index (κ2) is 7.48. The zero-order valence-electron chi connectivity index (χ0n) is 15.3. The Bertz CT molecular complexity index is 787. The summed E-state index contributed by atoms with van der Waals surface area (Å²) in [5.74, 6) is -0.549. The molecule has 1 N–H and O–H groups in total. The van der Waals surface area contributed by atoms with Crippen molar-refractivity contribution in [3.63, 3.8) is 0 Å². The van der Waals surface area contributed by atoms with Crippen LogP contribution in [0.15, 0.2) is 29.2 Å². The Morgan fingerprint density at radius 2 is 1.67 bits per heavy atom. The predicted octanol–water partition coefficient (Wildman–Crippen LogP) is 1.58. The molecule has 2 aliphatic heterocycles. The average molecular weight is 396 g/mol. The molecule has 6 nitrogen and oxygen atoms in total. The van der Waals surface area contributed by atoms with Crippen molar-refractivity contribution in [2.75, 3.05) is 26.2 Å². The second-order valence-electron chi connectivity index (χ2n) is 7.85. The van der Waals surface area contributed by atoms with Crippen LogP contribution in [-0.4, -0.2) is 61.8 Å². The van der Waals surface area contributed by atoms with Crippen molar-refractivity contribution in [1.29, 1.82) is 0 Å². The first-order valence-corrected chi connectivity index (χ1v) is 11.2. The number of halogens is 1. The standard InChI is InChI=1S/C19H26FN3O3S/c20-15-1-5-18(6-2-15)27(25,26)23-11-7-14(8-12-23)19(24)21-16-9-10-22(13-16)17-3-4-17/h1-2,5-6,14,16-17H,3-4,7-13H2,(H,21,24). The van der Waals surface area contributed by atoms with Crippen molar-refractivity contribution in [2.45, 2.75) is 49.1 Å². The van der Waals surface area contributed by atoms with Crippen LogP contribution in [0.2, 0.25) is 0 Å². The highest BCUT2D eigenvalue weighted by atomic mass is 32.2. The third kappa shape index (κ3) is 4.17. The Morgan fingerprint density at radius 3 is 2.30 bits per heavy atom. The topological polar surface area (TPSA) is 69.7 Å². The van der Waals surface area contributed by atoms with Crippen LogP contribution in [-0.2, 0) is 14.8 Å². The van der Waals surface area contributed by atoms with Gasteiger partial charge in [0, 0.05) is 44.2 Å². The normalized spacial score (nSPS) is 25.6. The molecule has 0 spiro atoms. The van der Waals surface area contributed by atoms with E-state index in [9.17, 15) is 17.6 Å². The molecule has 8 heteroatoms. The van der Waals surface area contributed by atoms with Crippen LogP contribution in [0.25, 0.3) is 0 Å². The minimum absolute atomic E-state index is 0.0523. The number of sulfonamides is 1. The Kier molecular flexibility index (Phi) is 5.22. The van der Waals surface area contributed by atoms with E-state index in [0.29, 0.717) is 25.9 Å². The molecular formula is C19H26FN3O3S. The number of piperidine rings is 1. The number of hydrogen-bond acceptors (Lipinski definition) is 4. The fraction of sp³-hybridized carbons (Fsp3) is 0.632. The number of benzene rings is 1. The minimum Gasteiger partial charge on any atom is -0.352 e. The van der Waals surface area contributed by atoms with Crippen LogP contribution < -0.4 is 5.32 Å². The van der Waals surface area contributed by atoms with E-state index in [2.05, 4.69) is 10.2 Å². The molecule has 2 heterocycles. The Labute approximate surface area is 159 Å². The van der Waals surface area contributed by atoms with E-state index in [-0.39, 0.29) is 22.8 Å². The number of amides is 1. The average Bonchev–Trinajstić information content (AvgIpc) is 3.42. The summed E-state index contributed by atoms with van der Waals surface area (Å²) >= 11 is 0. The summed E-state index contributed by atoms with van der Waals surface area (Å²) in [7, 11) is -3.63. The van der Waals surface area contributed by atoms with E-state index >= 15 is 0 Å². The van der Waals surface area contributed by atoms with Gasteiger partial charge in [-0.2, -0.15) is 4.31 Å². The molecule has 1 atom stereocenters. The van der Waals surface area contributed by atoms with Crippen molar-refractivity contribution in [1.82, 2.24) is 14.5 Å². The van der Waals surface area contributed by atoms with E-state index in [0.717, 1.165) is 37.7 Å². The van der Waals surface area contributed by atoms with E-state index < -0.39 is 15.8 Å². The Morgan fingerprint density at radius 1 is 1.00 bits per heavy atom. The van der Waals surface area contributed by atoms with Gasteiger partial charge in [-0.3, -0.25) is 9.69 Å². The van der Waals surface area contributed by atoms with E-state index in [1.165, 1.54) is 29.3 Å². The van der Waals surface area contributed by atoms with Gasteiger partial charge in [0.25, 0.3) is 0 Å². The monoisotopic (exact) mass is 395 g/mol. The first-order valence-electron chi connectivity index (χ1n) is 9.73. The van der Waals surface area contributed by atoms with Gasteiger partial charge in [-0.25, -0.2) is 12.8 Å². The van der Waals surface area contributed by atoms with Crippen LogP contribution in [0.4, 0.5) is 4.39 Å². The predicted molar refractivity (Wildman–Crippen MR) is 99.0 cm³/mol. The fourth-order valence-electron chi connectivity index (χ4n) is 4.11. The lowest BCUT2D eigenvalue weighted by molar-refractivity contribution is -0.126. The summed E-state index contributed by atoms with van der Waals surface area (Å²) in [5, 5.41) is 3.16. The molecule has 27 heavy (non-hydrogen) atoms. The van der Waals surface area contributed by atoms with Crippen LogP contribution in [0.1, 0.15) is 32.1 Å².